The van der Waals surface area contributed by atoms with Crippen molar-refractivity contribution in [3.63, 3.8) is 0 Å². The summed E-state index contributed by atoms with van der Waals surface area (Å²) in [6.07, 6.45) is 0. The van der Waals surface area contributed by atoms with Gasteiger partial charge in [0.05, 0.1) is 11.4 Å². The average molecular weight is 330 g/mol. The standard InChI is InChI=1S/C16H14N2O6/c19-15(20)9-23-13-5-1-11(2-6-13)17-18-12-3-7-14(8-4-12)24-10-16(21)22/h1-8H,9-10H2,(H,19,20)(H,21,22). The van der Waals surface area contributed by atoms with Gasteiger partial charge < -0.3 is 19.7 Å². The molecule has 0 aromatic heterocycles. The molecule has 0 atom stereocenters. The lowest BCUT2D eigenvalue weighted by Crippen LogP contribution is -2.09. The van der Waals surface area contributed by atoms with E-state index in [0.29, 0.717) is 22.9 Å². The molecular weight excluding hydrogens is 316 g/mol. The van der Waals surface area contributed by atoms with Crippen molar-refractivity contribution >= 4 is 23.3 Å². The third-order valence-electron chi connectivity index (χ3n) is 2.68. The molecule has 0 saturated heterocycles. The summed E-state index contributed by atoms with van der Waals surface area (Å²) in [7, 11) is 0. The summed E-state index contributed by atoms with van der Waals surface area (Å²) in [6, 6.07) is 13.0. The first-order valence-corrected chi connectivity index (χ1v) is 6.84. The van der Waals surface area contributed by atoms with Crippen molar-refractivity contribution < 1.29 is 29.3 Å². The van der Waals surface area contributed by atoms with E-state index in [0.717, 1.165) is 0 Å². The smallest absolute Gasteiger partial charge is 0.341 e. The molecular formula is C16H14N2O6. The topological polar surface area (TPSA) is 118 Å². The minimum atomic E-state index is -1.05. The van der Waals surface area contributed by atoms with Gasteiger partial charge in [-0.15, -0.1) is 0 Å². The Hall–Kier alpha value is -3.42. The number of benzene rings is 2. The number of aliphatic carboxylic acids is 2. The van der Waals surface area contributed by atoms with E-state index >= 15 is 0 Å². The van der Waals surface area contributed by atoms with Crippen LogP contribution in [0.2, 0.25) is 0 Å². The molecule has 2 rings (SSSR count). The molecule has 8 heteroatoms. The summed E-state index contributed by atoms with van der Waals surface area (Å²) >= 11 is 0. The summed E-state index contributed by atoms with van der Waals surface area (Å²) < 4.78 is 10.0. The number of carboxylic acid groups (broad SMARTS) is 2. The summed E-state index contributed by atoms with van der Waals surface area (Å²) in [5.74, 6) is -1.24. The first-order valence-electron chi connectivity index (χ1n) is 6.84. The van der Waals surface area contributed by atoms with Crippen LogP contribution in [0, 0.1) is 0 Å². The second kappa shape index (κ2) is 8.28. The van der Waals surface area contributed by atoms with Gasteiger partial charge in [-0.25, -0.2) is 9.59 Å². The summed E-state index contributed by atoms with van der Waals surface area (Å²) in [6.45, 7) is -0.811. The molecule has 24 heavy (non-hydrogen) atoms. The number of carboxylic acids is 2. The highest BCUT2D eigenvalue weighted by molar-refractivity contribution is 5.68. The molecule has 0 spiro atoms. The lowest BCUT2D eigenvalue weighted by molar-refractivity contribution is -0.140. The number of ether oxygens (including phenoxy) is 2. The largest absolute Gasteiger partial charge is 0.482 e. The Morgan fingerprint density at radius 3 is 1.33 bits per heavy atom. The number of hydrogen-bond acceptors (Lipinski definition) is 6. The van der Waals surface area contributed by atoms with Gasteiger partial charge in [-0.2, -0.15) is 10.2 Å². The zero-order valence-corrected chi connectivity index (χ0v) is 12.5. The molecule has 0 fully saturated rings. The highest BCUT2D eigenvalue weighted by atomic mass is 16.5. The Bertz CT molecular complexity index is 662. The molecule has 0 saturated carbocycles. The second-order valence-electron chi connectivity index (χ2n) is 4.55. The average Bonchev–Trinajstić information content (AvgIpc) is 2.58. The van der Waals surface area contributed by atoms with Crippen LogP contribution in [0.5, 0.6) is 11.5 Å². The molecule has 0 aliphatic carbocycles. The third-order valence-corrected chi connectivity index (χ3v) is 2.68. The van der Waals surface area contributed by atoms with Gasteiger partial charge in [0.2, 0.25) is 0 Å². The van der Waals surface area contributed by atoms with Crippen molar-refractivity contribution in [1.29, 1.82) is 0 Å². The van der Waals surface area contributed by atoms with Crippen LogP contribution in [0.15, 0.2) is 58.8 Å². The molecule has 0 aliphatic heterocycles. The molecule has 2 N–H and O–H groups in total. The number of carbonyl (C=O) groups is 2. The van der Waals surface area contributed by atoms with Crippen molar-refractivity contribution in [3.8, 4) is 11.5 Å². The van der Waals surface area contributed by atoms with Crippen molar-refractivity contribution in [2.75, 3.05) is 13.2 Å². The maximum Gasteiger partial charge on any atom is 0.341 e. The van der Waals surface area contributed by atoms with Gasteiger partial charge in [-0.3, -0.25) is 0 Å². The molecule has 0 bridgehead atoms. The van der Waals surface area contributed by atoms with Crippen LogP contribution in [0.4, 0.5) is 11.4 Å². The van der Waals surface area contributed by atoms with Gasteiger partial charge in [-0.1, -0.05) is 0 Å². The number of hydrogen-bond donors (Lipinski definition) is 2. The van der Waals surface area contributed by atoms with E-state index in [2.05, 4.69) is 10.2 Å². The van der Waals surface area contributed by atoms with Crippen LogP contribution < -0.4 is 9.47 Å². The lowest BCUT2D eigenvalue weighted by Gasteiger charge is -2.03. The highest BCUT2D eigenvalue weighted by Crippen LogP contribution is 2.23. The van der Waals surface area contributed by atoms with Crippen molar-refractivity contribution in [2.45, 2.75) is 0 Å². The van der Waals surface area contributed by atoms with Crippen LogP contribution in [-0.4, -0.2) is 35.4 Å². The van der Waals surface area contributed by atoms with Gasteiger partial charge in [0, 0.05) is 0 Å². The van der Waals surface area contributed by atoms with E-state index in [4.69, 9.17) is 19.7 Å². The summed E-state index contributed by atoms with van der Waals surface area (Å²) in [5.41, 5.74) is 1.15. The summed E-state index contributed by atoms with van der Waals surface area (Å²) in [5, 5.41) is 25.1. The number of nitrogens with zero attached hydrogens (tertiary/aromatic N) is 2. The Labute approximate surface area is 137 Å². The Balaban J connectivity index is 1.92. The summed E-state index contributed by atoms with van der Waals surface area (Å²) in [4.78, 5) is 20.8. The lowest BCUT2D eigenvalue weighted by atomic mass is 10.3. The zero-order valence-electron chi connectivity index (χ0n) is 12.5. The molecule has 0 amide bonds. The molecule has 2 aromatic carbocycles. The van der Waals surface area contributed by atoms with E-state index < -0.39 is 25.2 Å². The van der Waals surface area contributed by atoms with Gasteiger partial charge in [0.25, 0.3) is 0 Å². The van der Waals surface area contributed by atoms with Crippen molar-refractivity contribution in [2.24, 2.45) is 10.2 Å². The molecule has 8 nitrogen and oxygen atoms in total. The fourth-order valence-electron chi connectivity index (χ4n) is 1.62. The zero-order chi connectivity index (χ0) is 17.4. The maximum absolute atomic E-state index is 10.4. The fraction of sp³-hybridized carbons (Fsp3) is 0.125. The van der Waals surface area contributed by atoms with Crippen molar-refractivity contribution in [1.82, 2.24) is 0 Å². The molecule has 0 aliphatic rings. The molecule has 0 unspecified atom stereocenters. The Morgan fingerprint density at radius 1 is 0.708 bits per heavy atom. The SMILES string of the molecule is O=C(O)COc1ccc(N=Nc2ccc(OCC(=O)O)cc2)cc1. The monoisotopic (exact) mass is 330 g/mol. The van der Waals surface area contributed by atoms with Gasteiger partial charge >= 0.3 is 11.9 Å². The second-order valence-corrected chi connectivity index (χ2v) is 4.55. The van der Waals surface area contributed by atoms with Crippen LogP contribution in [0.25, 0.3) is 0 Å². The van der Waals surface area contributed by atoms with E-state index in [-0.39, 0.29) is 0 Å². The van der Waals surface area contributed by atoms with Crippen LogP contribution >= 0.6 is 0 Å². The normalized spacial score (nSPS) is 10.5. The Morgan fingerprint density at radius 2 is 1.04 bits per heavy atom. The molecule has 0 heterocycles. The fourth-order valence-corrected chi connectivity index (χ4v) is 1.62. The molecule has 0 radical (unpaired) electrons. The minimum absolute atomic E-state index is 0.406. The minimum Gasteiger partial charge on any atom is -0.482 e. The number of rotatable bonds is 8. The van der Waals surface area contributed by atoms with Gasteiger partial charge in [-0.05, 0) is 48.5 Å². The maximum atomic E-state index is 10.4. The molecule has 124 valence electrons. The van der Waals surface area contributed by atoms with Crippen LogP contribution in [0.3, 0.4) is 0 Å². The van der Waals surface area contributed by atoms with Crippen LogP contribution in [0.1, 0.15) is 0 Å². The number of azo groups is 1. The first kappa shape index (κ1) is 16.9. The Kier molecular flexibility index (Phi) is 5.84. The van der Waals surface area contributed by atoms with E-state index in [9.17, 15) is 9.59 Å². The van der Waals surface area contributed by atoms with Crippen molar-refractivity contribution in [3.05, 3.63) is 48.5 Å². The molecule has 2 aromatic rings. The van der Waals surface area contributed by atoms with E-state index in [1.165, 1.54) is 0 Å². The highest BCUT2D eigenvalue weighted by Gasteiger charge is 2.00. The van der Waals surface area contributed by atoms with E-state index in [1.54, 1.807) is 48.5 Å². The van der Waals surface area contributed by atoms with E-state index in [1.807, 2.05) is 0 Å². The predicted molar refractivity (Wildman–Crippen MR) is 83.3 cm³/mol. The first-order chi connectivity index (χ1) is 11.5. The van der Waals surface area contributed by atoms with Gasteiger partial charge in [0.15, 0.2) is 13.2 Å². The van der Waals surface area contributed by atoms with Crippen LogP contribution in [-0.2, 0) is 9.59 Å². The quantitative estimate of drug-likeness (QED) is 0.718. The van der Waals surface area contributed by atoms with Gasteiger partial charge in [0.1, 0.15) is 11.5 Å². The predicted octanol–water partition coefficient (Wildman–Crippen LogP) is 3.03. The third kappa shape index (κ3) is 5.76.